The summed E-state index contributed by atoms with van der Waals surface area (Å²) in [6.45, 7) is 3.55. The minimum atomic E-state index is 0.172. The minimum absolute atomic E-state index is 0.172. The topological polar surface area (TPSA) is 61.8 Å². The maximum absolute atomic E-state index is 5.52. The van der Waals surface area contributed by atoms with E-state index in [-0.39, 0.29) is 6.04 Å². The maximum Gasteiger partial charge on any atom is 0.191 e. The lowest BCUT2D eigenvalue weighted by Crippen LogP contribution is -2.42. The van der Waals surface area contributed by atoms with Crippen LogP contribution in [0, 0.1) is 6.92 Å². The first-order valence-electron chi connectivity index (χ1n) is 8.70. The van der Waals surface area contributed by atoms with Gasteiger partial charge in [-0.2, -0.15) is 0 Å². The van der Waals surface area contributed by atoms with Gasteiger partial charge in [-0.3, -0.25) is 4.99 Å². The second-order valence-corrected chi connectivity index (χ2v) is 7.27. The highest BCUT2D eigenvalue weighted by molar-refractivity contribution is 7.09. The van der Waals surface area contributed by atoms with Crippen LogP contribution in [0.15, 0.2) is 34.6 Å². The van der Waals surface area contributed by atoms with Crippen molar-refractivity contribution >= 4 is 17.3 Å². The van der Waals surface area contributed by atoms with Crippen molar-refractivity contribution in [3.05, 3.63) is 45.9 Å². The molecule has 0 aliphatic rings. The lowest BCUT2D eigenvalue weighted by Gasteiger charge is -2.27. The molecule has 1 unspecified atom stereocenters. The second kappa shape index (κ2) is 10.1. The number of hydrogen-bond acceptors (Lipinski definition) is 5. The zero-order chi connectivity index (χ0) is 18.9. The largest absolute Gasteiger partial charge is 0.496 e. The number of guanidine groups is 1. The summed E-state index contributed by atoms with van der Waals surface area (Å²) in [4.78, 5) is 11.0. The molecule has 0 amide bonds. The first kappa shape index (κ1) is 20.2. The third kappa shape index (κ3) is 5.71. The third-order valence-electron chi connectivity index (χ3n) is 4.15. The van der Waals surface area contributed by atoms with Crippen LogP contribution in [-0.4, -0.2) is 57.2 Å². The highest BCUT2D eigenvalue weighted by Crippen LogP contribution is 2.27. The van der Waals surface area contributed by atoms with Crippen molar-refractivity contribution < 1.29 is 4.74 Å². The molecular formula is C19H29N5OS. The maximum atomic E-state index is 5.52. The number of hydrogen-bond donors (Lipinski definition) is 2. The zero-order valence-corrected chi connectivity index (χ0v) is 17.1. The van der Waals surface area contributed by atoms with Gasteiger partial charge in [-0.15, -0.1) is 11.3 Å². The van der Waals surface area contributed by atoms with E-state index < -0.39 is 0 Å². The predicted octanol–water partition coefficient (Wildman–Crippen LogP) is 2.47. The summed E-state index contributed by atoms with van der Waals surface area (Å²) >= 11 is 1.69. The first-order chi connectivity index (χ1) is 12.5. The van der Waals surface area contributed by atoms with E-state index in [1.54, 1.807) is 25.5 Å². The summed E-state index contributed by atoms with van der Waals surface area (Å²) in [6.07, 6.45) is 0.884. The average Bonchev–Trinajstić information content (AvgIpc) is 3.05. The highest BCUT2D eigenvalue weighted by atomic mass is 32.1. The number of nitrogens with one attached hydrogen (secondary N) is 2. The Labute approximate surface area is 160 Å². The van der Waals surface area contributed by atoms with Crippen LogP contribution in [0.25, 0.3) is 0 Å². The van der Waals surface area contributed by atoms with Crippen molar-refractivity contribution in [3.8, 4) is 5.75 Å². The number of aryl methyl sites for hydroxylation is 1. The highest BCUT2D eigenvalue weighted by Gasteiger charge is 2.18. The Morgan fingerprint density at radius 3 is 2.69 bits per heavy atom. The fourth-order valence-electron chi connectivity index (χ4n) is 2.76. The number of likely N-dealkylation sites (N-methyl/N-ethyl adjacent to an activating group) is 1. The van der Waals surface area contributed by atoms with Gasteiger partial charge >= 0.3 is 0 Å². The molecular weight excluding hydrogens is 346 g/mol. The average molecular weight is 376 g/mol. The van der Waals surface area contributed by atoms with E-state index in [0.29, 0.717) is 0 Å². The Morgan fingerprint density at radius 2 is 2.08 bits per heavy atom. The summed E-state index contributed by atoms with van der Waals surface area (Å²) in [6, 6.07) is 8.30. The molecule has 2 N–H and O–H groups in total. The number of rotatable bonds is 8. The Bertz CT molecular complexity index is 713. The smallest absolute Gasteiger partial charge is 0.191 e. The standard InChI is InChI=1S/C19H29N5OS/c1-14-23-15(13-26-14)10-11-21-19(20-2)22-12-17(24(3)4)16-8-6-7-9-18(16)25-5/h6-9,13,17H,10-12H2,1-5H3,(H2,20,21,22). The molecule has 1 atom stereocenters. The van der Waals surface area contributed by atoms with Crippen LogP contribution in [0.4, 0.5) is 0 Å². The summed E-state index contributed by atoms with van der Waals surface area (Å²) in [5.41, 5.74) is 2.27. The van der Waals surface area contributed by atoms with Crippen molar-refractivity contribution in [1.29, 1.82) is 0 Å². The molecule has 0 saturated carbocycles. The molecule has 142 valence electrons. The van der Waals surface area contributed by atoms with Crippen LogP contribution >= 0.6 is 11.3 Å². The van der Waals surface area contributed by atoms with Crippen LogP contribution in [0.1, 0.15) is 22.3 Å². The van der Waals surface area contributed by atoms with Gasteiger partial charge in [0.15, 0.2) is 5.96 Å². The summed E-state index contributed by atoms with van der Waals surface area (Å²) in [5.74, 6) is 1.69. The molecule has 2 aromatic rings. The number of para-hydroxylation sites is 1. The zero-order valence-electron chi connectivity index (χ0n) is 16.2. The van der Waals surface area contributed by atoms with Crippen molar-refractivity contribution in [2.45, 2.75) is 19.4 Å². The molecule has 6 nitrogen and oxygen atoms in total. The summed E-state index contributed by atoms with van der Waals surface area (Å²) < 4.78 is 5.52. The van der Waals surface area contributed by atoms with E-state index in [1.165, 1.54) is 0 Å². The van der Waals surface area contributed by atoms with Crippen LogP contribution in [0.2, 0.25) is 0 Å². The van der Waals surface area contributed by atoms with E-state index in [1.807, 2.05) is 25.1 Å². The van der Waals surface area contributed by atoms with Gasteiger partial charge < -0.3 is 20.3 Å². The molecule has 26 heavy (non-hydrogen) atoms. The number of aromatic nitrogens is 1. The fraction of sp³-hybridized carbons (Fsp3) is 0.474. The van der Waals surface area contributed by atoms with Gasteiger partial charge in [-0.25, -0.2) is 4.98 Å². The molecule has 1 aromatic carbocycles. The molecule has 7 heteroatoms. The normalized spacial score (nSPS) is 12.9. The fourth-order valence-corrected chi connectivity index (χ4v) is 3.41. The number of thiazole rings is 1. The summed E-state index contributed by atoms with van der Waals surface area (Å²) in [7, 11) is 7.63. The number of benzene rings is 1. The summed E-state index contributed by atoms with van der Waals surface area (Å²) in [5, 5.41) is 9.98. The third-order valence-corrected chi connectivity index (χ3v) is 4.97. The molecule has 1 heterocycles. The van der Waals surface area contributed by atoms with E-state index >= 15 is 0 Å². The molecule has 0 saturated heterocycles. The van der Waals surface area contributed by atoms with E-state index in [0.717, 1.165) is 47.5 Å². The number of ether oxygens (including phenoxy) is 1. The Morgan fingerprint density at radius 1 is 1.31 bits per heavy atom. The molecule has 0 fully saturated rings. The van der Waals surface area contributed by atoms with Crippen molar-refractivity contribution in [1.82, 2.24) is 20.5 Å². The van der Waals surface area contributed by atoms with Crippen molar-refractivity contribution in [2.24, 2.45) is 4.99 Å². The number of methoxy groups -OCH3 is 1. The number of nitrogens with zero attached hydrogens (tertiary/aromatic N) is 3. The Kier molecular flexibility index (Phi) is 7.87. The van der Waals surface area contributed by atoms with E-state index in [9.17, 15) is 0 Å². The van der Waals surface area contributed by atoms with Crippen LogP contribution in [-0.2, 0) is 6.42 Å². The lowest BCUT2D eigenvalue weighted by atomic mass is 10.0. The van der Waals surface area contributed by atoms with Crippen LogP contribution < -0.4 is 15.4 Å². The van der Waals surface area contributed by atoms with Crippen LogP contribution in [0.3, 0.4) is 0 Å². The monoisotopic (exact) mass is 375 g/mol. The number of aliphatic imine (C=N–C) groups is 1. The minimum Gasteiger partial charge on any atom is -0.496 e. The predicted molar refractivity (Wildman–Crippen MR) is 109 cm³/mol. The molecule has 0 spiro atoms. The van der Waals surface area contributed by atoms with Gasteiger partial charge in [0.1, 0.15) is 5.75 Å². The van der Waals surface area contributed by atoms with Crippen LogP contribution in [0.5, 0.6) is 5.75 Å². The second-order valence-electron chi connectivity index (χ2n) is 6.21. The first-order valence-corrected chi connectivity index (χ1v) is 9.58. The van der Waals surface area contributed by atoms with Gasteiger partial charge in [-0.05, 0) is 27.1 Å². The van der Waals surface area contributed by atoms with Crippen molar-refractivity contribution in [3.63, 3.8) is 0 Å². The van der Waals surface area contributed by atoms with E-state index in [4.69, 9.17) is 4.74 Å². The van der Waals surface area contributed by atoms with Gasteiger partial charge in [-0.1, -0.05) is 18.2 Å². The quantitative estimate of drug-likeness (QED) is 0.548. The van der Waals surface area contributed by atoms with Gasteiger partial charge in [0.2, 0.25) is 0 Å². The molecule has 0 bridgehead atoms. The van der Waals surface area contributed by atoms with Gasteiger partial charge in [0, 0.05) is 37.5 Å². The molecule has 1 aromatic heterocycles. The Balaban J connectivity index is 1.91. The molecule has 0 aliphatic carbocycles. The van der Waals surface area contributed by atoms with Gasteiger partial charge in [0.25, 0.3) is 0 Å². The molecule has 0 radical (unpaired) electrons. The Hall–Kier alpha value is -2.12. The molecule has 2 rings (SSSR count). The van der Waals surface area contributed by atoms with E-state index in [2.05, 4.69) is 51.1 Å². The lowest BCUT2D eigenvalue weighted by molar-refractivity contribution is 0.288. The van der Waals surface area contributed by atoms with Gasteiger partial charge in [0.05, 0.1) is 23.9 Å². The SMILES string of the molecule is CN=C(NCCc1csc(C)n1)NCC(c1ccccc1OC)N(C)C. The van der Waals surface area contributed by atoms with Crippen molar-refractivity contribution in [2.75, 3.05) is 41.3 Å². The molecule has 0 aliphatic heterocycles.